The molecule has 0 N–H and O–H groups in total. The highest BCUT2D eigenvalue weighted by Gasteiger charge is 2.20. The number of hydrogen-bond donors (Lipinski definition) is 0. The Bertz CT molecular complexity index is 960. The van der Waals surface area contributed by atoms with E-state index >= 15 is 0 Å². The Morgan fingerprint density at radius 2 is 2.00 bits per heavy atom. The molecular weight excluding hydrogens is 340 g/mol. The van der Waals surface area contributed by atoms with Crippen LogP contribution in [0.2, 0.25) is 0 Å². The van der Waals surface area contributed by atoms with Crippen LogP contribution < -0.4 is 9.47 Å². The molecule has 0 amide bonds. The Balaban J connectivity index is 1.72. The molecule has 0 bridgehead atoms. The molecule has 2 heterocycles. The smallest absolute Gasteiger partial charge is 0.274 e. The fraction of sp³-hybridized carbons (Fsp3) is 0.222. The van der Waals surface area contributed by atoms with Gasteiger partial charge in [0.25, 0.3) is 5.19 Å². The van der Waals surface area contributed by atoms with Crippen LogP contribution in [0.5, 0.6) is 10.9 Å². The average Bonchev–Trinajstić information content (AvgIpc) is 3.20. The standard InChI is InChI=1S/C18H16N2O2S2/c1-3-21-13-8-9-15-17(19-10-23-15)16(13)11(2)22-18-20-12-6-4-5-7-14(12)24-18/h4-11H,3H2,1-2H3. The molecule has 0 aliphatic carbocycles. The average molecular weight is 356 g/mol. The van der Waals surface area contributed by atoms with Crippen LogP contribution in [0.1, 0.15) is 25.5 Å². The minimum Gasteiger partial charge on any atom is -0.493 e. The number of ether oxygens (including phenoxy) is 2. The molecule has 0 fully saturated rings. The minimum absolute atomic E-state index is 0.196. The van der Waals surface area contributed by atoms with Crippen LogP contribution in [0.3, 0.4) is 0 Å². The number of hydrogen-bond acceptors (Lipinski definition) is 6. The monoisotopic (exact) mass is 356 g/mol. The van der Waals surface area contributed by atoms with Crippen molar-refractivity contribution in [3.8, 4) is 10.9 Å². The SMILES string of the molecule is CCOc1ccc2scnc2c1C(C)Oc1nc2ccccc2s1. The van der Waals surface area contributed by atoms with E-state index in [1.807, 2.05) is 49.7 Å². The molecule has 1 unspecified atom stereocenters. The first-order valence-corrected chi connectivity index (χ1v) is 9.47. The largest absolute Gasteiger partial charge is 0.493 e. The van der Waals surface area contributed by atoms with E-state index in [9.17, 15) is 0 Å². The van der Waals surface area contributed by atoms with Crippen molar-refractivity contribution in [3.05, 3.63) is 47.5 Å². The highest BCUT2D eigenvalue weighted by Crippen LogP contribution is 2.38. The second kappa shape index (κ2) is 6.37. The normalized spacial score (nSPS) is 12.6. The Hall–Kier alpha value is -2.18. The van der Waals surface area contributed by atoms with Gasteiger partial charge < -0.3 is 9.47 Å². The van der Waals surface area contributed by atoms with Crippen molar-refractivity contribution in [1.82, 2.24) is 9.97 Å². The number of para-hydroxylation sites is 1. The van der Waals surface area contributed by atoms with E-state index in [0.717, 1.165) is 31.7 Å². The molecule has 0 saturated carbocycles. The van der Waals surface area contributed by atoms with Crippen LogP contribution in [0.25, 0.3) is 20.4 Å². The maximum absolute atomic E-state index is 6.14. The summed E-state index contributed by atoms with van der Waals surface area (Å²) in [6.07, 6.45) is -0.196. The zero-order chi connectivity index (χ0) is 16.5. The zero-order valence-corrected chi connectivity index (χ0v) is 15.0. The van der Waals surface area contributed by atoms with Gasteiger partial charge in [0, 0.05) is 0 Å². The van der Waals surface area contributed by atoms with Gasteiger partial charge in [-0.15, -0.1) is 11.3 Å². The molecule has 0 aliphatic rings. The Morgan fingerprint density at radius 3 is 2.83 bits per heavy atom. The van der Waals surface area contributed by atoms with Crippen LogP contribution in [0.15, 0.2) is 41.9 Å². The van der Waals surface area contributed by atoms with E-state index in [0.29, 0.717) is 11.8 Å². The van der Waals surface area contributed by atoms with Gasteiger partial charge in [-0.1, -0.05) is 23.5 Å². The van der Waals surface area contributed by atoms with Gasteiger partial charge in [0.1, 0.15) is 11.9 Å². The summed E-state index contributed by atoms with van der Waals surface area (Å²) in [5, 5.41) is 0.665. The van der Waals surface area contributed by atoms with Gasteiger partial charge in [0.15, 0.2) is 0 Å². The van der Waals surface area contributed by atoms with Gasteiger partial charge in [-0.25, -0.2) is 9.97 Å². The Labute approximate surface area is 147 Å². The van der Waals surface area contributed by atoms with Crippen molar-refractivity contribution in [1.29, 1.82) is 0 Å². The quantitative estimate of drug-likeness (QED) is 0.477. The molecule has 0 saturated heterocycles. The fourth-order valence-corrected chi connectivity index (χ4v) is 4.30. The predicted molar refractivity (Wildman–Crippen MR) is 99.5 cm³/mol. The van der Waals surface area contributed by atoms with Crippen molar-refractivity contribution >= 4 is 43.1 Å². The second-order valence-corrected chi connectivity index (χ2v) is 7.20. The molecule has 2 aromatic carbocycles. The molecule has 0 radical (unpaired) electrons. The van der Waals surface area contributed by atoms with E-state index < -0.39 is 0 Å². The summed E-state index contributed by atoms with van der Waals surface area (Å²) in [5.41, 5.74) is 4.74. The van der Waals surface area contributed by atoms with E-state index in [1.165, 1.54) is 0 Å². The van der Waals surface area contributed by atoms with Crippen LogP contribution in [-0.2, 0) is 0 Å². The molecule has 24 heavy (non-hydrogen) atoms. The van der Waals surface area contributed by atoms with Crippen LogP contribution in [-0.4, -0.2) is 16.6 Å². The lowest BCUT2D eigenvalue weighted by molar-refractivity contribution is 0.219. The maximum Gasteiger partial charge on any atom is 0.274 e. The molecule has 0 aliphatic heterocycles. The summed E-state index contributed by atoms with van der Waals surface area (Å²) in [6, 6.07) is 12.1. The first-order valence-electron chi connectivity index (χ1n) is 7.77. The summed E-state index contributed by atoms with van der Waals surface area (Å²) in [7, 11) is 0. The lowest BCUT2D eigenvalue weighted by Crippen LogP contribution is -2.07. The Kier molecular flexibility index (Phi) is 4.08. The Morgan fingerprint density at radius 1 is 1.12 bits per heavy atom. The van der Waals surface area contributed by atoms with E-state index in [1.54, 1.807) is 22.7 Å². The third-order valence-corrected chi connectivity index (χ3v) is 5.48. The maximum atomic E-state index is 6.14. The summed E-state index contributed by atoms with van der Waals surface area (Å²) in [4.78, 5) is 9.07. The number of thiazole rings is 2. The highest BCUT2D eigenvalue weighted by atomic mass is 32.1. The van der Waals surface area contributed by atoms with Crippen molar-refractivity contribution < 1.29 is 9.47 Å². The van der Waals surface area contributed by atoms with Gasteiger partial charge in [0.05, 0.1) is 38.1 Å². The van der Waals surface area contributed by atoms with Crippen molar-refractivity contribution in [2.45, 2.75) is 20.0 Å². The number of fused-ring (bicyclic) bond motifs is 2. The third-order valence-electron chi connectivity index (χ3n) is 3.76. The second-order valence-electron chi connectivity index (χ2n) is 5.32. The lowest BCUT2D eigenvalue weighted by atomic mass is 10.1. The van der Waals surface area contributed by atoms with Gasteiger partial charge in [0.2, 0.25) is 0 Å². The molecule has 122 valence electrons. The summed E-state index contributed by atoms with van der Waals surface area (Å²) < 4.78 is 14.2. The number of benzene rings is 2. The van der Waals surface area contributed by atoms with Gasteiger partial charge in [-0.05, 0) is 38.1 Å². The first-order chi connectivity index (χ1) is 11.8. The van der Waals surface area contributed by atoms with Gasteiger partial charge in [-0.2, -0.15) is 0 Å². The predicted octanol–water partition coefficient (Wildman–Crippen LogP) is 5.44. The van der Waals surface area contributed by atoms with Crippen LogP contribution >= 0.6 is 22.7 Å². The number of rotatable bonds is 5. The lowest BCUT2D eigenvalue weighted by Gasteiger charge is -2.17. The molecular formula is C18H16N2O2S2. The molecule has 4 aromatic rings. The van der Waals surface area contributed by atoms with Crippen LogP contribution in [0.4, 0.5) is 0 Å². The molecule has 1 atom stereocenters. The van der Waals surface area contributed by atoms with Gasteiger partial charge in [-0.3, -0.25) is 0 Å². The van der Waals surface area contributed by atoms with E-state index in [4.69, 9.17) is 9.47 Å². The number of nitrogens with zero attached hydrogens (tertiary/aromatic N) is 2. The third kappa shape index (κ3) is 2.72. The zero-order valence-electron chi connectivity index (χ0n) is 13.4. The summed E-state index contributed by atoms with van der Waals surface area (Å²) in [6.45, 7) is 4.60. The molecule has 0 spiro atoms. The number of aromatic nitrogens is 2. The topological polar surface area (TPSA) is 44.2 Å². The van der Waals surface area contributed by atoms with Gasteiger partial charge >= 0.3 is 0 Å². The van der Waals surface area contributed by atoms with E-state index in [-0.39, 0.29) is 6.10 Å². The summed E-state index contributed by atoms with van der Waals surface area (Å²) >= 11 is 3.18. The molecule has 6 heteroatoms. The van der Waals surface area contributed by atoms with Crippen molar-refractivity contribution in [2.24, 2.45) is 0 Å². The summed E-state index contributed by atoms with van der Waals surface area (Å²) in [5.74, 6) is 0.824. The first kappa shape index (κ1) is 15.4. The van der Waals surface area contributed by atoms with Crippen molar-refractivity contribution in [2.75, 3.05) is 6.61 Å². The minimum atomic E-state index is -0.196. The van der Waals surface area contributed by atoms with Crippen molar-refractivity contribution in [3.63, 3.8) is 0 Å². The van der Waals surface area contributed by atoms with Crippen LogP contribution in [0, 0.1) is 0 Å². The van der Waals surface area contributed by atoms with E-state index in [2.05, 4.69) is 16.0 Å². The molecule has 2 aromatic heterocycles. The molecule has 4 nitrogen and oxygen atoms in total. The fourth-order valence-electron chi connectivity index (χ4n) is 2.72. The highest BCUT2D eigenvalue weighted by molar-refractivity contribution is 7.20. The molecule has 4 rings (SSSR count).